The van der Waals surface area contributed by atoms with Crippen molar-refractivity contribution < 1.29 is 19.4 Å². The summed E-state index contributed by atoms with van der Waals surface area (Å²) in [5.74, 6) is 0.176. The van der Waals surface area contributed by atoms with Gasteiger partial charge in [0.05, 0.1) is 18.1 Å². The minimum absolute atomic E-state index is 0.0149. The Bertz CT molecular complexity index is 621. The van der Waals surface area contributed by atoms with Crippen molar-refractivity contribution in [1.82, 2.24) is 0 Å². The molecule has 0 saturated heterocycles. The van der Waals surface area contributed by atoms with Gasteiger partial charge in [0, 0.05) is 6.42 Å². The lowest BCUT2D eigenvalue weighted by Crippen LogP contribution is -2.57. The molecule has 0 aliphatic heterocycles. The van der Waals surface area contributed by atoms with E-state index in [1.807, 2.05) is 26.8 Å². The SMILES string of the molecule is COC(=O)[C@]1(C)CCC[C@]2(C)[C@H]3CC[C@](O)(C(C)C)C=C3C(=O)C[C@@H]21. The molecule has 3 aliphatic carbocycles. The first-order chi connectivity index (χ1) is 11.6. The largest absolute Gasteiger partial charge is 0.469 e. The maximum Gasteiger partial charge on any atom is 0.311 e. The van der Waals surface area contributed by atoms with Gasteiger partial charge in [-0.05, 0) is 67.4 Å². The molecule has 0 radical (unpaired) electrons. The highest BCUT2D eigenvalue weighted by atomic mass is 16.5. The van der Waals surface area contributed by atoms with Crippen LogP contribution < -0.4 is 0 Å². The topological polar surface area (TPSA) is 63.6 Å². The van der Waals surface area contributed by atoms with Gasteiger partial charge in [-0.15, -0.1) is 0 Å². The molecule has 4 nitrogen and oxygen atoms in total. The summed E-state index contributed by atoms with van der Waals surface area (Å²) in [6, 6.07) is 0. The molecule has 5 atom stereocenters. The zero-order chi connectivity index (χ0) is 18.6. The molecule has 0 amide bonds. The molecule has 0 aromatic rings. The molecule has 25 heavy (non-hydrogen) atoms. The van der Waals surface area contributed by atoms with Crippen LogP contribution in [0.4, 0.5) is 0 Å². The van der Waals surface area contributed by atoms with Crippen molar-refractivity contribution in [2.75, 3.05) is 7.11 Å². The van der Waals surface area contributed by atoms with Crippen molar-refractivity contribution in [3.05, 3.63) is 11.6 Å². The third kappa shape index (κ3) is 2.59. The van der Waals surface area contributed by atoms with E-state index in [0.717, 1.165) is 31.3 Å². The van der Waals surface area contributed by atoms with E-state index in [-0.39, 0.29) is 34.9 Å². The number of allylic oxidation sites excluding steroid dienone is 1. The molecule has 2 fully saturated rings. The van der Waals surface area contributed by atoms with Crippen LogP contribution in [0.1, 0.15) is 66.2 Å². The maximum absolute atomic E-state index is 13.0. The van der Waals surface area contributed by atoms with Crippen LogP contribution in [0.3, 0.4) is 0 Å². The number of hydrogen-bond acceptors (Lipinski definition) is 4. The van der Waals surface area contributed by atoms with Crippen molar-refractivity contribution in [3.8, 4) is 0 Å². The molecule has 1 N–H and O–H groups in total. The maximum atomic E-state index is 13.0. The van der Waals surface area contributed by atoms with E-state index in [2.05, 4.69) is 6.92 Å². The third-order valence-electron chi connectivity index (χ3n) is 7.75. The molecule has 2 saturated carbocycles. The lowest BCUT2D eigenvalue weighted by atomic mass is 9.45. The van der Waals surface area contributed by atoms with Gasteiger partial charge >= 0.3 is 5.97 Å². The molecule has 0 aromatic heterocycles. The molecule has 3 aliphatic rings. The zero-order valence-electron chi connectivity index (χ0n) is 16.2. The van der Waals surface area contributed by atoms with Crippen LogP contribution in [0.2, 0.25) is 0 Å². The van der Waals surface area contributed by atoms with Crippen molar-refractivity contribution in [3.63, 3.8) is 0 Å². The molecule has 140 valence electrons. The third-order valence-corrected chi connectivity index (χ3v) is 7.75. The van der Waals surface area contributed by atoms with E-state index in [4.69, 9.17) is 4.74 Å². The summed E-state index contributed by atoms with van der Waals surface area (Å²) in [5, 5.41) is 10.9. The highest BCUT2D eigenvalue weighted by Crippen LogP contribution is 2.63. The molecule has 0 bridgehead atoms. The number of ketones is 1. The molecule has 0 spiro atoms. The minimum Gasteiger partial charge on any atom is -0.469 e. The Morgan fingerprint density at radius 1 is 1.28 bits per heavy atom. The Morgan fingerprint density at radius 3 is 2.56 bits per heavy atom. The van der Waals surface area contributed by atoms with Gasteiger partial charge in [-0.1, -0.05) is 27.2 Å². The van der Waals surface area contributed by atoms with E-state index in [1.165, 1.54) is 7.11 Å². The fourth-order valence-corrected chi connectivity index (χ4v) is 5.96. The van der Waals surface area contributed by atoms with E-state index in [1.54, 1.807) is 0 Å². The van der Waals surface area contributed by atoms with Crippen LogP contribution in [0.15, 0.2) is 11.6 Å². The van der Waals surface area contributed by atoms with Gasteiger partial charge in [-0.3, -0.25) is 9.59 Å². The van der Waals surface area contributed by atoms with Gasteiger partial charge in [0.25, 0.3) is 0 Å². The van der Waals surface area contributed by atoms with Crippen molar-refractivity contribution in [2.24, 2.45) is 28.6 Å². The summed E-state index contributed by atoms with van der Waals surface area (Å²) in [5.41, 5.74) is -0.741. The van der Waals surface area contributed by atoms with Crippen LogP contribution in [-0.2, 0) is 14.3 Å². The molecular weight excluding hydrogens is 316 g/mol. The molecule has 3 rings (SSSR count). The number of carbonyl (C=O) groups is 2. The van der Waals surface area contributed by atoms with Crippen LogP contribution in [-0.4, -0.2) is 29.6 Å². The number of rotatable bonds is 2. The summed E-state index contributed by atoms with van der Waals surface area (Å²) in [6.07, 6.45) is 6.54. The number of esters is 1. The van der Waals surface area contributed by atoms with E-state index < -0.39 is 11.0 Å². The fraction of sp³-hybridized carbons (Fsp3) is 0.810. The number of carbonyl (C=O) groups excluding carboxylic acids is 2. The summed E-state index contributed by atoms with van der Waals surface area (Å²) in [4.78, 5) is 25.6. The van der Waals surface area contributed by atoms with Crippen molar-refractivity contribution >= 4 is 11.8 Å². The molecule has 0 unspecified atom stereocenters. The second-order valence-electron chi connectivity index (χ2n) is 9.29. The normalized spacial score (nSPS) is 44.0. The minimum atomic E-state index is -0.884. The molecule has 0 aromatic carbocycles. The van der Waals surface area contributed by atoms with Crippen LogP contribution in [0.5, 0.6) is 0 Å². The Labute approximate surface area is 151 Å². The second kappa shape index (κ2) is 5.94. The Kier molecular flexibility index (Phi) is 4.42. The number of Topliss-reactive ketones (excluding diaryl/α,β-unsaturated/α-hetero) is 1. The van der Waals surface area contributed by atoms with Gasteiger partial charge in [-0.2, -0.15) is 0 Å². The van der Waals surface area contributed by atoms with Crippen LogP contribution in [0.25, 0.3) is 0 Å². The van der Waals surface area contributed by atoms with E-state index >= 15 is 0 Å². The number of hydrogen-bond donors (Lipinski definition) is 1. The highest BCUT2D eigenvalue weighted by Gasteiger charge is 2.61. The first kappa shape index (κ1) is 18.6. The number of aliphatic hydroxyl groups is 1. The Morgan fingerprint density at radius 2 is 1.96 bits per heavy atom. The van der Waals surface area contributed by atoms with Crippen molar-refractivity contribution in [1.29, 1.82) is 0 Å². The van der Waals surface area contributed by atoms with E-state index in [9.17, 15) is 14.7 Å². The quantitative estimate of drug-likeness (QED) is 0.774. The van der Waals surface area contributed by atoms with Gasteiger partial charge in [-0.25, -0.2) is 0 Å². The van der Waals surface area contributed by atoms with Gasteiger partial charge in [0.1, 0.15) is 0 Å². The average molecular weight is 348 g/mol. The summed E-state index contributed by atoms with van der Waals surface area (Å²) in [7, 11) is 1.44. The predicted octanol–water partition coefficient (Wildman–Crippen LogP) is 3.67. The second-order valence-corrected chi connectivity index (χ2v) is 9.29. The number of ether oxygens (including phenoxy) is 1. The van der Waals surface area contributed by atoms with E-state index in [0.29, 0.717) is 12.8 Å². The van der Waals surface area contributed by atoms with Crippen LogP contribution in [0, 0.1) is 28.6 Å². The standard InChI is InChI=1S/C21H32O4/c1-13(2)21(24)10-7-15-14(12-21)16(22)11-17-19(15,3)8-6-9-20(17,4)18(23)25-5/h12-13,15,17,24H,6-11H2,1-5H3/t15-,17-,19+,20+,21+/m0/s1. The highest BCUT2D eigenvalue weighted by molar-refractivity contribution is 5.98. The first-order valence-electron chi connectivity index (χ1n) is 9.65. The lowest BCUT2D eigenvalue weighted by molar-refractivity contribution is -0.169. The Balaban J connectivity index is 2.04. The summed E-state index contributed by atoms with van der Waals surface area (Å²) >= 11 is 0. The Hall–Kier alpha value is -1.16. The average Bonchev–Trinajstić information content (AvgIpc) is 2.56. The van der Waals surface area contributed by atoms with Crippen molar-refractivity contribution in [2.45, 2.75) is 71.8 Å². The van der Waals surface area contributed by atoms with Crippen LogP contribution >= 0.6 is 0 Å². The number of methoxy groups -OCH3 is 1. The van der Waals surface area contributed by atoms with Gasteiger partial charge in [0.15, 0.2) is 5.78 Å². The summed E-state index contributed by atoms with van der Waals surface area (Å²) in [6.45, 7) is 8.24. The monoisotopic (exact) mass is 348 g/mol. The van der Waals surface area contributed by atoms with Gasteiger partial charge in [0.2, 0.25) is 0 Å². The summed E-state index contributed by atoms with van der Waals surface area (Å²) < 4.78 is 5.12. The predicted molar refractivity (Wildman–Crippen MR) is 95.8 cm³/mol. The zero-order valence-corrected chi connectivity index (χ0v) is 16.2. The smallest absolute Gasteiger partial charge is 0.311 e. The first-order valence-corrected chi connectivity index (χ1v) is 9.65. The fourth-order valence-electron chi connectivity index (χ4n) is 5.96. The number of fused-ring (bicyclic) bond motifs is 3. The molecular formula is C21H32O4. The molecule has 0 heterocycles. The molecule has 4 heteroatoms. The van der Waals surface area contributed by atoms with Gasteiger partial charge < -0.3 is 9.84 Å². The lowest BCUT2D eigenvalue weighted by Gasteiger charge is -2.58.